The van der Waals surface area contributed by atoms with Gasteiger partial charge in [0.05, 0.1) is 18.9 Å². The van der Waals surface area contributed by atoms with Gasteiger partial charge >= 0.3 is 12.0 Å². The standard InChI is InChI=1S/C9H15N3O3/c1-7(3-5-10)12(2)9(15)11-6-4-8(13)14/h7H,3-4,6H2,1-2H3,(H,11,15)(H,13,14). The average molecular weight is 213 g/mol. The zero-order valence-electron chi connectivity index (χ0n) is 8.86. The molecule has 2 N–H and O–H groups in total. The van der Waals surface area contributed by atoms with E-state index < -0.39 is 5.97 Å². The first-order valence-corrected chi connectivity index (χ1v) is 4.58. The molecule has 0 fully saturated rings. The molecule has 0 saturated heterocycles. The van der Waals surface area contributed by atoms with Crippen molar-refractivity contribution in [3.63, 3.8) is 0 Å². The summed E-state index contributed by atoms with van der Waals surface area (Å²) < 4.78 is 0. The van der Waals surface area contributed by atoms with Gasteiger partial charge in [-0.3, -0.25) is 4.79 Å². The number of nitriles is 1. The fraction of sp³-hybridized carbons (Fsp3) is 0.667. The van der Waals surface area contributed by atoms with Gasteiger partial charge in [-0.2, -0.15) is 5.26 Å². The quantitative estimate of drug-likeness (QED) is 0.691. The fourth-order valence-corrected chi connectivity index (χ4v) is 0.870. The molecule has 1 unspecified atom stereocenters. The Kier molecular flexibility index (Phi) is 5.86. The third kappa shape index (κ3) is 5.52. The molecule has 0 heterocycles. The van der Waals surface area contributed by atoms with Crippen LogP contribution in [0.1, 0.15) is 19.8 Å². The SMILES string of the molecule is CC(CC#N)N(C)C(=O)NCCC(=O)O. The van der Waals surface area contributed by atoms with E-state index in [-0.39, 0.29) is 31.5 Å². The summed E-state index contributed by atoms with van der Waals surface area (Å²) >= 11 is 0. The summed E-state index contributed by atoms with van der Waals surface area (Å²) in [5.74, 6) is -0.956. The van der Waals surface area contributed by atoms with E-state index in [2.05, 4.69) is 5.32 Å². The van der Waals surface area contributed by atoms with Crippen LogP contribution in [0.3, 0.4) is 0 Å². The Bertz CT molecular complexity index is 272. The maximum atomic E-state index is 11.4. The molecule has 0 aromatic heterocycles. The van der Waals surface area contributed by atoms with Crippen molar-refractivity contribution in [3.05, 3.63) is 0 Å². The maximum Gasteiger partial charge on any atom is 0.317 e. The highest BCUT2D eigenvalue weighted by Gasteiger charge is 2.14. The van der Waals surface area contributed by atoms with Gasteiger partial charge in [0.25, 0.3) is 0 Å². The maximum absolute atomic E-state index is 11.4. The van der Waals surface area contributed by atoms with Crippen molar-refractivity contribution < 1.29 is 14.7 Å². The van der Waals surface area contributed by atoms with Gasteiger partial charge in [-0.25, -0.2) is 4.79 Å². The predicted molar refractivity (Wildman–Crippen MR) is 53.1 cm³/mol. The number of carboxylic acids is 1. The first-order valence-electron chi connectivity index (χ1n) is 4.58. The van der Waals surface area contributed by atoms with Crippen LogP contribution >= 0.6 is 0 Å². The molecular formula is C9H15N3O3. The Hall–Kier alpha value is -1.77. The molecule has 0 aliphatic rings. The topological polar surface area (TPSA) is 93.4 Å². The molecule has 0 bridgehead atoms. The molecule has 0 aromatic rings. The summed E-state index contributed by atoms with van der Waals surface area (Å²) in [5.41, 5.74) is 0. The number of rotatable bonds is 5. The zero-order valence-corrected chi connectivity index (χ0v) is 8.86. The van der Waals surface area contributed by atoms with Crippen LogP contribution in [0.4, 0.5) is 4.79 Å². The number of aliphatic carboxylic acids is 1. The lowest BCUT2D eigenvalue weighted by molar-refractivity contribution is -0.136. The molecule has 6 nitrogen and oxygen atoms in total. The normalized spacial score (nSPS) is 11.3. The van der Waals surface area contributed by atoms with Crippen LogP contribution in [0.2, 0.25) is 0 Å². The summed E-state index contributed by atoms with van der Waals surface area (Å²) in [6, 6.07) is 1.42. The second-order valence-corrected chi connectivity index (χ2v) is 3.20. The van der Waals surface area contributed by atoms with Crippen LogP contribution in [0.15, 0.2) is 0 Å². The molecule has 6 heteroatoms. The third-order valence-electron chi connectivity index (χ3n) is 1.98. The van der Waals surface area contributed by atoms with Crippen LogP contribution < -0.4 is 5.32 Å². The Morgan fingerprint density at radius 3 is 2.67 bits per heavy atom. The zero-order chi connectivity index (χ0) is 11.8. The summed E-state index contributed by atoms with van der Waals surface area (Å²) in [7, 11) is 1.57. The van der Waals surface area contributed by atoms with Gasteiger partial charge in [-0.15, -0.1) is 0 Å². The number of carbonyl (C=O) groups is 2. The van der Waals surface area contributed by atoms with Crippen LogP contribution in [0.5, 0.6) is 0 Å². The summed E-state index contributed by atoms with van der Waals surface area (Å²) in [5, 5.41) is 19.2. The van der Waals surface area contributed by atoms with Gasteiger partial charge in [0.1, 0.15) is 0 Å². The Morgan fingerprint density at radius 1 is 1.60 bits per heavy atom. The molecule has 1 atom stereocenters. The number of carbonyl (C=O) groups excluding carboxylic acids is 1. The van der Waals surface area contributed by atoms with Crippen molar-refractivity contribution in [1.82, 2.24) is 10.2 Å². The van der Waals surface area contributed by atoms with Gasteiger partial charge in [0.2, 0.25) is 0 Å². The summed E-state index contributed by atoms with van der Waals surface area (Å²) in [6.07, 6.45) is 0.148. The molecule has 2 amide bonds. The van der Waals surface area contributed by atoms with E-state index in [1.807, 2.05) is 6.07 Å². The van der Waals surface area contributed by atoms with Crippen molar-refractivity contribution in [1.29, 1.82) is 5.26 Å². The summed E-state index contributed by atoms with van der Waals surface area (Å²) in [6.45, 7) is 1.85. The van der Waals surface area contributed by atoms with E-state index >= 15 is 0 Å². The molecule has 0 aliphatic carbocycles. The highest BCUT2D eigenvalue weighted by atomic mass is 16.4. The molecular weight excluding hydrogens is 198 g/mol. The number of hydrogen-bond acceptors (Lipinski definition) is 3. The van der Waals surface area contributed by atoms with Gasteiger partial charge < -0.3 is 15.3 Å². The minimum atomic E-state index is -0.956. The molecule has 15 heavy (non-hydrogen) atoms. The number of hydrogen-bond donors (Lipinski definition) is 2. The smallest absolute Gasteiger partial charge is 0.317 e. The molecule has 84 valence electrons. The van der Waals surface area contributed by atoms with E-state index in [1.165, 1.54) is 4.90 Å². The van der Waals surface area contributed by atoms with Gasteiger partial charge in [0.15, 0.2) is 0 Å². The molecule has 0 radical (unpaired) electrons. The molecule has 0 rings (SSSR count). The van der Waals surface area contributed by atoms with Gasteiger partial charge in [0, 0.05) is 19.6 Å². The lowest BCUT2D eigenvalue weighted by atomic mass is 10.2. The second kappa shape index (κ2) is 6.65. The predicted octanol–water partition coefficient (Wildman–Crippen LogP) is 0.405. The van der Waals surface area contributed by atoms with E-state index in [4.69, 9.17) is 10.4 Å². The average Bonchev–Trinajstić information content (AvgIpc) is 2.16. The largest absolute Gasteiger partial charge is 0.481 e. The fourth-order valence-electron chi connectivity index (χ4n) is 0.870. The van der Waals surface area contributed by atoms with Crippen LogP contribution in [0, 0.1) is 11.3 Å². The third-order valence-corrected chi connectivity index (χ3v) is 1.98. The highest BCUT2D eigenvalue weighted by molar-refractivity contribution is 5.75. The molecule has 0 aromatic carbocycles. The van der Waals surface area contributed by atoms with Crippen LogP contribution in [0.25, 0.3) is 0 Å². The van der Waals surface area contributed by atoms with E-state index in [0.29, 0.717) is 0 Å². The first-order chi connectivity index (χ1) is 6.99. The van der Waals surface area contributed by atoms with Crippen molar-refractivity contribution >= 4 is 12.0 Å². The lowest BCUT2D eigenvalue weighted by Crippen LogP contribution is -2.42. The van der Waals surface area contributed by atoms with Gasteiger partial charge in [-0.1, -0.05) is 0 Å². The van der Waals surface area contributed by atoms with Crippen LogP contribution in [-0.4, -0.2) is 41.6 Å². The molecule has 0 aliphatic heterocycles. The number of amides is 2. The van der Waals surface area contributed by atoms with E-state index in [1.54, 1.807) is 14.0 Å². The van der Waals surface area contributed by atoms with E-state index in [9.17, 15) is 9.59 Å². The van der Waals surface area contributed by atoms with Crippen molar-refractivity contribution in [3.8, 4) is 6.07 Å². The monoisotopic (exact) mass is 213 g/mol. The first kappa shape index (κ1) is 13.2. The summed E-state index contributed by atoms with van der Waals surface area (Å²) in [4.78, 5) is 22.9. The highest BCUT2D eigenvalue weighted by Crippen LogP contribution is 1.99. The molecule has 0 saturated carbocycles. The molecule has 0 spiro atoms. The van der Waals surface area contributed by atoms with E-state index in [0.717, 1.165) is 0 Å². The minimum Gasteiger partial charge on any atom is -0.481 e. The lowest BCUT2D eigenvalue weighted by Gasteiger charge is -2.22. The Balaban J connectivity index is 3.89. The number of nitrogens with zero attached hydrogens (tertiary/aromatic N) is 2. The van der Waals surface area contributed by atoms with Crippen molar-refractivity contribution in [2.45, 2.75) is 25.8 Å². The number of urea groups is 1. The number of nitrogens with one attached hydrogen (secondary N) is 1. The Morgan fingerprint density at radius 2 is 2.20 bits per heavy atom. The van der Waals surface area contributed by atoms with Gasteiger partial charge in [-0.05, 0) is 6.92 Å². The minimum absolute atomic E-state index is 0.0950. The van der Waals surface area contributed by atoms with Crippen molar-refractivity contribution in [2.75, 3.05) is 13.6 Å². The Labute approximate surface area is 88.5 Å². The second-order valence-electron chi connectivity index (χ2n) is 3.20. The van der Waals surface area contributed by atoms with Crippen molar-refractivity contribution in [2.24, 2.45) is 0 Å². The van der Waals surface area contributed by atoms with Crippen LogP contribution in [-0.2, 0) is 4.79 Å². The number of carboxylic acid groups (broad SMARTS) is 1.